The van der Waals surface area contributed by atoms with Crippen LogP contribution in [0.1, 0.15) is 43.7 Å². The van der Waals surface area contributed by atoms with Gasteiger partial charge in [-0.2, -0.15) is 0 Å². The Morgan fingerprint density at radius 1 is 1.16 bits per heavy atom. The fourth-order valence-corrected chi connectivity index (χ4v) is 8.39. The number of nitrogens with zero attached hydrogens (tertiary/aromatic N) is 1. The molecule has 170 valence electrons. The minimum absolute atomic E-state index is 0.100. The highest BCUT2D eigenvalue weighted by molar-refractivity contribution is 5.82. The Kier molecular flexibility index (Phi) is 3.46. The summed E-state index contributed by atoms with van der Waals surface area (Å²) in [5.41, 5.74) is 0.796. The normalized spacial score (nSPS) is 44.3. The molecule has 32 heavy (non-hydrogen) atoms. The molecule has 7 aliphatic rings. The molecule has 1 aromatic rings. The SMILES string of the molecule is COc1ccc2c3c1O[C@H]1[C@@]4(OC)C=C[C@@]5(C[C@@]4(C)OC)[C@@H](C2)N(C(=O)C2CC2)CC[C@]315. The fourth-order valence-electron chi connectivity index (χ4n) is 8.39. The molecule has 4 bridgehead atoms. The molecule has 2 saturated carbocycles. The number of rotatable bonds is 4. The first-order chi connectivity index (χ1) is 15.4. The zero-order valence-corrected chi connectivity index (χ0v) is 19.3. The van der Waals surface area contributed by atoms with Crippen molar-refractivity contribution in [1.82, 2.24) is 4.90 Å². The van der Waals surface area contributed by atoms with Gasteiger partial charge < -0.3 is 23.8 Å². The smallest absolute Gasteiger partial charge is 0.225 e. The van der Waals surface area contributed by atoms with Crippen LogP contribution < -0.4 is 9.47 Å². The molecule has 6 nitrogen and oxygen atoms in total. The Balaban J connectivity index is 1.53. The van der Waals surface area contributed by atoms with Gasteiger partial charge in [0, 0.05) is 43.7 Å². The number of hydrogen-bond acceptors (Lipinski definition) is 5. The predicted octanol–water partition coefficient (Wildman–Crippen LogP) is 3.01. The zero-order chi connectivity index (χ0) is 22.1. The summed E-state index contributed by atoms with van der Waals surface area (Å²) in [4.78, 5) is 15.7. The minimum Gasteiger partial charge on any atom is -0.493 e. The summed E-state index contributed by atoms with van der Waals surface area (Å²) < 4.78 is 25.2. The average Bonchev–Trinajstić information content (AvgIpc) is 3.58. The zero-order valence-electron chi connectivity index (χ0n) is 19.3. The number of fused-ring (bicyclic) bond motifs is 1. The van der Waals surface area contributed by atoms with Crippen molar-refractivity contribution < 1.29 is 23.7 Å². The highest BCUT2D eigenvalue weighted by Gasteiger charge is 2.82. The van der Waals surface area contributed by atoms with Crippen LogP contribution in [0.3, 0.4) is 0 Å². The fraction of sp³-hybridized carbons (Fsp3) is 0.654. The van der Waals surface area contributed by atoms with Crippen LogP contribution in [-0.2, 0) is 26.1 Å². The maximum Gasteiger partial charge on any atom is 0.225 e. The van der Waals surface area contributed by atoms with Crippen LogP contribution in [0.2, 0.25) is 0 Å². The first-order valence-electron chi connectivity index (χ1n) is 11.9. The van der Waals surface area contributed by atoms with Gasteiger partial charge in [-0.05, 0) is 56.7 Å². The van der Waals surface area contributed by atoms with Crippen molar-refractivity contribution >= 4 is 5.91 Å². The van der Waals surface area contributed by atoms with Gasteiger partial charge in [0.2, 0.25) is 5.91 Å². The number of carbonyl (C=O) groups is 1. The molecule has 5 aliphatic carbocycles. The number of benzene rings is 1. The molecule has 8 rings (SSSR count). The van der Waals surface area contributed by atoms with Gasteiger partial charge >= 0.3 is 0 Å². The molecule has 2 heterocycles. The molecule has 1 saturated heterocycles. The standard InChI is InChI=1S/C26H31NO5/c1-23(30-3)14-24-9-10-26(23,31-4)22-25(24)11-12-27(21(28)15-5-6-15)18(24)13-16-7-8-17(29-2)20(32-22)19(16)25/h7-10,15,18,22H,5-6,11-14H2,1-4H3/t18-,22-,23-,24-,25+,26+/m1/s1. The first-order valence-corrected chi connectivity index (χ1v) is 11.9. The highest BCUT2D eigenvalue weighted by atomic mass is 16.6. The molecule has 6 atom stereocenters. The highest BCUT2D eigenvalue weighted by Crippen LogP contribution is 2.75. The van der Waals surface area contributed by atoms with E-state index in [-0.39, 0.29) is 28.9 Å². The third-order valence-corrected chi connectivity index (χ3v) is 9.99. The van der Waals surface area contributed by atoms with Gasteiger partial charge in [0.15, 0.2) is 17.1 Å². The number of carbonyl (C=O) groups excluding carboxylic acids is 1. The topological polar surface area (TPSA) is 57.2 Å². The predicted molar refractivity (Wildman–Crippen MR) is 117 cm³/mol. The molecule has 6 heteroatoms. The number of ether oxygens (including phenoxy) is 4. The van der Waals surface area contributed by atoms with E-state index in [0.29, 0.717) is 5.91 Å². The van der Waals surface area contributed by atoms with Crippen LogP contribution in [0.5, 0.6) is 11.5 Å². The van der Waals surface area contributed by atoms with Gasteiger partial charge in [0.25, 0.3) is 0 Å². The van der Waals surface area contributed by atoms with Crippen LogP contribution in [-0.4, -0.2) is 62.0 Å². The van der Waals surface area contributed by atoms with Crippen molar-refractivity contribution in [3.05, 3.63) is 35.4 Å². The van der Waals surface area contributed by atoms with Crippen LogP contribution in [0.25, 0.3) is 0 Å². The molecule has 1 aromatic carbocycles. The monoisotopic (exact) mass is 437 g/mol. The van der Waals surface area contributed by atoms with Crippen LogP contribution in [0.4, 0.5) is 0 Å². The number of hydrogen-bond donors (Lipinski definition) is 0. The molecule has 2 spiro atoms. The van der Waals surface area contributed by atoms with Crippen molar-refractivity contribution in [2.75, 3.05) is 27.9 Å². The van der Waals surface area contributed by atoms with Crippen molar-refractivity contribution in [2.24, 2.45) is 11.3 Å². The molecule has 1 amide bonds. The lowest BCUT2D eigenvalue weighted by atomic mass is 9.36. The van der Waals surface area contributed by atoms with E-state index < -0.39 is 11.2 Å². The van der Waals surface area contributed by atoms with Gasteiger partial charge in [-0.3, -0.25) is 4.79 Å². The van der Waals surface area contributed by atoms with Crippen LogP contribution in [0.15, 0.2) is 24.3 Å². The summed E-state index contributed by atoms with van der Waals surface area (Å²) >= 11 is 0. The number of amides is 1. The second kappa shape index (κ2) is 5.71. The van der Waals surface area contributed by atoms with E-state index in [1.807, 2.05) is 6.07 Å². The molecule has 0 unspecified atom stereocenters. The van der Waals surface area contributed by atoms with E-state index in [1.165, 1.54) is 11.1 Å². The van der Waals surface area contributed by atoms with E-state index in [0.717, 1.165) is 50.1 Å². The number of methoxy groups -OCH3 is 3. The minimum atomic E-state index is -0.713. The van der Waals surface area contributed by atoms with Crippen molar-refractivity contribution in [1.29, 1.82) is 0 Å². The quantitative estimate of drug-likeness (QED) is 0.678. The van der Waals surface area contributed by atoms with E-state index >= 15 is 0 Å². The van der Waals surface area contributed by atoms with Gasteiger partial charge in [0.1, 0.15) is 11.7 Å². The lowest BCUT2D eigenvalue weighted by Crippen LogP contribution is -2.83. The Morgan fingerprint density at radius 3 is 2.66 bits per heavy atom. The van der Waals surface area contributed by atoms with Gasteiger partial charge in [-0.1, -0.05) is 12.1 Å². The van der Waals surface area contributed by atoms with E-state index in [1.54, 1.807) is 21.3 Å². The maximum absolute atomic E-state index is 13.5. The summed E-state index contributed by atoms with van der Waals surface area (Å²) in [5, 5.41) is 0. The molecule has 3 fully saturated rings. The summed E-state index contributed by atoms with van der Waals surface area (Å²) in [6.07, 6.45) is 8.92. The second-order valence-corrected chi connectivity index (χ2v) is 10.9. The Bertz CT molecular complexity index is 1080. The van der Waals surface area contributed by atoms with Gasteiger partial charge in [0.05, 0.1) is 12.5 Å². The number of piperidine rings is 1. The molecular formula is C26H31NO5. The van der Waals surface area contributed by atoms with E-state index in [2.05, 4.69) is 30.0 Å². The van der Waals surface area contributed by atoms with Crippen molar-refractivity contribution in [3.63, 3.8) is 0 Å². The molecular weight excluding hydrogens is 406 g/mol. The van der Waals surface area contributed by atoms with Crippen molar-refractivity contribution in [3.8, 4) is 11.5 Å². The molecule has 0 N–H and O–H groups in total. The first kappa shape index (κ1) is 19.4. The maximum atomic E-state index is 13.5. The summed E-state index contributed by atoms with van der Waals surface area (Å²) in [6.45, 7) is 2.92. The Hall–Kier alpha value is -2.05. The third kappa shape index (κ3) is 1.77. The summed E-state index contributed by atoms with van der Waals surface area (Å²) in [5.74, 6) is 2.20. The number of likely N-dealkylation sites (tertiary alicyclic amines) is 1. The van der Waals surface area contributed by atoms with E-state index in [4.69, 9.17) is 18.9 Å². The Morgan fingerprint density at radius 2 is 1.97 bits per heavy atom. The van der Waals surface area contributed by atoms with Crippen molar-refractivity contribution in [2.45, 2.75) is 67.8 Å². The second-order valence-electron chi connectivity index (χ2n) is 10.9. The van der Waals surface area contributed by atoms with Crippen LogP contribution in [0, 0.1) is 11.3 Å². The lowest BCUT2D eigenvalue weighted by molar-refractivity contribution is -0.277. The summed E-state index contributed by atoms with van der Waals surface area (Å²) in [6, 6.07) is 4.31. The van der Waals surface area contributed by atoms with Crippen LogP contribution >= 0.6 is 0 Å². The van der Waals surface area contributed by atoms with Gasteiger partial charge in [-0.25, -0.2) is 0 Å². The Labute approximate surface area is 188 Å². The average molecular weight is 438 g/mol. The molecule has 2 aliphatic heterocycles. The summed E-state index contributed by atoms with van der Waals surface area (Å²) in [7, 11) is 5.25. The lowest BCUT2D eigenvalue weighted by Gasteiger charge is -2.73. The molecule has 0 aromatic heterocycles. The van der Waals surface area contributed by atoms with E-state index in [9.17, 15) is 4.79 Å². The molecule has 0 radical (unpaired) electrons. The largest absolute Gasteiger partial charge is 0.493 e. The third-order valence-electron chi connectivity index (χ3n) is 9.99. The van der Waals surface area contributed by atoms with Gasteiger partial charge in [-0.15, -0.1) is 0 Å².